The standard InChI is InChI=1S/C21H41Cl3Si2/c1-4-5-6-7-8-9-10-11-12-13-14-15-16-17-18-19-20-21(25(2)3)26(22,23)24/h21,25H,4-18H2,1-3H3. The van der Waals surface area contributed by atoms with Crippen LogP contribution in [0.5, 0.6) is 0 Å². The number of hydrogen-bond donors (Lipinski definition) is 0. The molecule has 0 aromatic heterocycles. The van der Waals surface area contributed by atoms with Crippen molar-refractivity contribution in [2.45, 2.75) is 121 Å². The predicted octanol–water partition coefficient (Wildman–Crippen LogP) is 8.91. The molecule has 0 radical (unpaired) electrons. The highest BCUT2D eigenvalue weighted by atomic mass is 35.8. The van der Waals surface area contributed by atoms with Gasteiger partial charge in [0.25, 0.3) is 0 Å². The van der Waals surface area contributed by atoms with Gasteiger partial charge in [-0.1, -0.05) is 103 Å². The Balaban J connectivity index is 3.43. The van der Waals surface area contributed by atoms with E-state index in [4.69, 9.17) is 33.2 Å². The van der Waals surface area contributed by atoms with E-state index in [-0.39, 0.29) is 5.16 Å². The van der Waals surface area contributed by atoms with E-state index in [1.165, 1.54) is 89.9 Å². The van der Waals surface area contributed by atoms with Crippen LogP contribution in [-0.2, 0) is 0 Å². The lowest BCUT2D eigenvalue weighted by Crippen LogP contribution is -2.28. The third-order valence-electron chi connectivity index (χ3n) is 4.93. The monoisotopic (exact) mass is 454 g/mol. The lowest BCUT2D eigenvalue weighted by molar-refractivity contribution is 0.536. The van der Waals surface area contributed by atoms with E-state index in [0.717, 1.165) is 6.42 Å². The van der Waals surface area contributed by atoms with Crippen molar-refractivity contribution in [3.05, 3.63) is 0 Å². The van der Waals surface area contributed by atoms with Crippen LogP contribution in [0.4, 0.5) is 0 Å². The molecule has 0 bridgehead atoms. The fourth-order valence-corrected chi connectivity index (χ4v) is 14.3. The van der Waals surface area contributed by atoms with E-state index in [9.17, 15) is 0 Å². The van der Waals surface area contributed by atoms with Gasteiger partial charge in [-0.3, -0.25) is 0 Å². The van der Waals surface area contributed by atoms with Gasteiger partial charge in [0.15, 0.2) is 0 Å². The third kappa shape index (κ3) is 17.0. The molecule has 1 atom stereocenters. The lowest BCUT2D eigenvalue weighted by Gasteiger charge is -2.19. The minimum Gasteiger partial charge on any atom is -0.125 e. The molecule has 0 rings (SSSR count). The fraction of sp³-hybridized carbons (Fsp3) is 0.905. The van der Waals surface area contributed by atoms with Crippen LogP contribution in [0, 0.1) is 11.8 Å². The first-order valence-corrected chi connectivity index (χ1v) is 19.0. The molecular formula is C21H41Cl3Si2. The number of hydrogen-bond acceptors (Lipinski definition) is 0. The minimum atomic E-state index is -2.65. The van der Waals surface area contributed by atoms with Gasteiger partial charge in [-0.15, -0.1) is 45.1 Å². The van der Waals surface area contributed by atoms with Gasteiger partial charge in [0, 0.05) is 20.4 Å². The Labute approximate surface area is 180 Å². The zero-order chi connectivity index (χ0) is 19.7. The first-order valence-electron chi connectivity index (χ1n) is 10.9. The van der Waals surface area contributed by atoms with Crippen LogP contribution in [0.15, 0.2) is 0 Å². The van der Waals surface area contributed by atoms with Gasteiger partial charge in [-0.05, 0) is 6.42 Å². The first kappa shape index (κ1) is 26.9. The maximum absolute atomic E-state index is 6.17. The Bertz CT molecular complexity index is 370. The largest absolute Gasteiger partial charge is 0.352 e. The quantitative estimate of drug-likeness (QED) is 0.0942. The van der Waals surface area contributed by atoms with Gasteiger partial charge >= 0.3 is 6.00 Å². The zero-order valence-corrected chi connectivity index (χ0v) is 21.8. The lowest BCUT2D eigenvalue weighted by atomic mass is 10.0. The van der Waals surface area contributed by atoms with E-state index >= 15 is 0 Å². The molecule has 0 heterocycles. The van der Waals surface area contributed by atoms with Gasteiger partial charge in [0.2, 0.25) is 0 Å². The topological polar surface area (TPSA) is 0 Å². The Kier molecular flexibility index (Phi) is 18.5. The highest BCUT2D eigenvalue weighted by Crippen LogP contribution is 2.35. The number of unbranched alkanes of at least 4 members (excludes halogenated alkanes) is 14. The zero-order valence-electron chi connectivity index (χ0n) is 17.4. The molecule has 0 aliphatic rings. The van der Waals surface area contributed by atoms with Crippen LogP contribution in [0.3, 0.4) is 0 Å². The molecular weight excluding hydrogens is 415 g/mol. The van der Waals surface area contributed by atoms with Crippen LogP contribution in [0.2, 0.25) is 18.3 Å². The summed E-state index contributed by atoms with van der Waals surface area (Å²) >= 11 is 18.5. The van der Waals surface area contributed by atoms with Crippen molar-refractivity contribution in [1.29, 1.82) is 0 Å². The second-order valence-electron chi connectivity index (χ2n) is 7.93. The molecule has 0 aliphatic heterocycles. The van der Waals surface area contributed by atoms with Crippen molar-refractivity contribution in [2.75, 3.05) is 0 Å². The van der Waals surface area contributed by atoms with Crippen LogP contribution in [-0.4, -0.2) is 14.8 Å². The summed E-state index contributed by atoms with van der Waals surface area (Å²) < 4.78 is 0. The third-order valence-corrected chi connectivity index (χ3v) is 14.8. The van der Waals surface area contributed by atoms with Crippen LogP contribution >= 0.6 is 33.2 Å². The van der Waals surface area contributed by atoms with E-state index in [2.05, 4.69) is 31.9 Å². The molecule has 0 aromatic rings. The summed E-state index contributed by atoms with van der Waals surface area (Å²) in [4.78, 5) is 0. The molecule has 5 heteroatoms. The molecule has 1 unspecified atom stereocenters. The second-order valence-corrected chi connectivity index (χ2v) is 20.6. The van der Waals surface area contributed by atoms with Gasteiger partial charge < -0.3 is 0 Å². The molecule has 0 amide bonds. The van der Waals surface area contributed by atoms with E-state index in [1.807, 2.05) is 0 Å². The van der Waals surface area contributed by atoms with Crippen LogP contribution in [0.25, 0.3) is 0 Å². The van der Waals surface area contributed by atoms with Crippen LogP contribution in [0.1, 0.15) is 103 Å². The van der Waals surface area contributed by atoms with Gasteiger partial charge in [-0.2, -0.15) is 0 Å². The molecule has 0 N–H and O–H groups in total. The van der Waals surface area contributed by atoms with E-state index < -0.39 is 14.8 Å². The molecule has 154 valence electrons. The van der Waals surface area contributed by atoms with Crippen molar-refractivity contribution in [1.82, 2.24) is 0 Å². The maximum Gasteiger partial charge on any atom is 0.352 e. The molecule has 0 fully saturated rings. The summed E-state index contributed by atoms with van der Waals surface area (Å²) in [5, 5.41) is 0.0964. The van der Waals surface area contributed by atoms with Crippen molar-refractivity contribution in [3.63, 3.8) is 0 Å². The van der Waals surface area contributed by atoms with E-state index in [0.29, 0.717) is 0 Å². The molecule has 0 saturated carbocycles. The van der Waals surface area contributed by atoms with Gasteiger partial charge in [-0.25, -0.2) is 0 Å². The molecule has 26 heavy (non-hydrogen) atoms. The first-order chi connectivity index (χ1) is 12.4. The summed E-state index contributed by atoms with van der Waals surface area (Å²) in [5.41, 5.74) is 0. The Hall–Kier alpha value is 0.864. The SMILES string of the molecule is CCCCCCCCCCCCCCCCC#CC([SiH](C)C)[Si](Cl)(Cl)Cl. The minimum absolute atomic E-state index is 0.0964. The maximum atomic E-state index is 6.17. The summed E-state index contributed by atoms with van der Waals surface area (Å²) in [7, 11) is -1.01. The van der Waals surface area contributed by atoms with E-state index in [1.54, 1.807) is 0 Å². The van der Waals surface area contributed by atoms with Crippen molar-refractivity contribution in [2.24, 2.45) is 0 Å². The fourth-order valence-electron chi connectivity index (χ4n) is 3.22. The van der Waals surface area contributed by atoms with Crippen molar-refractivity contribution >= 4 is 48.0 Å². The molecule has 0 saturated heterocycles. The summed E-state index contributed by atoms with van der Waals surface area (Å²) in [5.74, 6) is 6.57. The molecule has 0 nitrogen and oxygen atoms in total. The Morgan fingerprint density at radius 1 is 0.692 bits per heavy atom. The van der Waals surface area contributed by atoms with Gasteiger partial charge in [0.1, 0.15) is 0 Å². The average molecular weight is 456 g/mol. The smallest absolute Gasteiger partial charge is 0.125 e. The highest BCUT2D eigenvalue weighted by Gasteiger charge is 2.38. The summed E-state index contributed by atoms with van der Waals surface area (Å²) in [6.07, 6.45) is 20.4. The highest BCUT2D eigenvalue weighted by molar-refractivity contribution is 7.66. The second kappa shape index (κ2) is 17.9. The van der Waals surface area contributed by atoms with Gasteiger partial charge in [0.05, 0.1) is 0 Å². The normalized spacial score (nSPS) is 12.9. The summed E-state index contributed by atoms with van der Waals surface area (Å²) in [6.45, 7) is 6.73. The number of halogens is 3. The molecule has 0 aliphatic carbocycles. The Morgan fingerprint density at radius 3 is 1.42 bits per heavy atom. The van der Waals surface area contributed by atoms with Crippen molar-refractivity contribution in [3.8, 4) is 11.8 Å². The summed E-state index contributed by atoms with van der Waals surface area (Å²) in [6, 6.07) is -2.65. The Morgan fingerprint density at radius 2 is 1.08 bits per heavy atom. The average Bonchev–Trinajstić information content (AvgIpc) is 2.56. The predicted molar refractivity (Wildman–Crippen MR) is 129 cm³/mol. The molecule has 0 aromatic carbocycles. The molecule has 0 spiro atoms. The van der Waals surface area contributed by atoms with Crippen LogP contribution < -0.4 is 0 Å². The number of rotatable bonds is 16. The van der Waals surface area contributed by atoms with Crippen molar-refractivity contribution < 1.29 is 0 Å².